The lowest BCUT2D eigenvalue weighted by Crippen LogP contribution is -2.22. The lowest BCUT2D eigenvalue weighted by atomic mass is 9.83. The summed E-state index contributed by atoms with van der Waals surface area (Å²) in [5.41, 5.74) is 2.69. The second kappa shape index (κ2) is 8.80. The number of ether oxygens (including phenoxy) is 1. The van der Waals surface area contributed by atoms with Crippen molar-refractivity contribution in [3.05, 3.63) is 117 Å². The highest BCUT2D eigenvalue weighted by Crippen LogP contribution is 2.46. The fraction of sp³-hybridized carbons (Fsp3) is 0.172. The second-order valence-electron chi connectivity index (χ2n) is 8.50. The summed E-state index contributed by atoms with van der Waals surface area (Å²) < 4.78 is 11.6. The fourth-order valence-electron chi connectivity index (χ4n) is 4.54. The number of rotatable bonds is 5. The quantitative estimate of drug-likeness (QED) is 0.348. The van der Waals surface area contributed by atoms with Gasteiger partial charge < -0.3 is 19.4 Å². The van der Waals surface area contributed by atoms with Crippen molar-refractivity contribution in [1.29, 1.82) is 0 Å². The predicted octanol–water partition coefficient (Wildman–Crippen LogP) is 6.03. The van der Waals surface area contributed by atoms with Crippen LogP contribution in [-0.4, -0.2) is 15.2 Å². The zero-order valence-corrected chi connectivity index (χ0v) is 19.5. The number of nitrogens with zero attached hydrogens (tertiary/aromatic N) is 1. The number of hydrogen-bond donors (Lipinski definition) is 2. The second-order valence-corrected chi connectivity index (χ2v) is 8.50. The highest BCUT2D eigenvalue weighted by Gasteiger charge is 2.36. The molecule has 6 heteroatoms. The molecule has 0 amide bonds. The monoisotopic (exact) mass is 467 g/mol. The molecule has 0 aliphatic carbocycles. The Balaban J connectivity index is 1.83. The van der Waals surface area contributed by atoms with E-state index in [4.69, 9.17) is 9.15 Å². The standard InChI is InChI=1S/C29H25NO5/c1-4-17-9-11-22-19(14-17)27(31)24(16(3)34-22)25(21-8-6-7-13-30-21)26-28(32)20-15-18(5-2)10-12-23(20)35-29(26)33/h6-15,25,31-32H,3-5H2,1-2H3. The maximum Gasteiger partial charge on any atom is 0.344 e. The fourth-order valence-corrected chi connectivity index (χ4v) is 4.54. The van der Waals surface area contributed by atoms with E-state index in [0.717, 1.165) is 24.0 Å². The zero-order chi connectivity index (χ0) is 24.7. The molecule has 2 N–H and O–H groups in total. The van der Waals surface area contributed by atoms with Crippen LogP contribution in [0.15, 0.2) is 87.9 Å². The number of aliphatic hydroxyl groups excluding tert-OH is 1. The number of aromatic nitrogens is 1. The van der Waals surface area contributed by atoms with Crippen molar-refractivity contribution in [2.75, 3.05) is 0 Å². The van der Waals surface area contributed by atoms with Crippen LogP contribution in [0.4, 0.5) is 0 Å². The van der Waals surface area contributed by atoms with Gasteiger partial charge in [-0.05, 0) is 60.4 Å². The van der Waals surface area contributed by atoms with Crippen LogP contribution in [0.2, 0.25) is 0 Å². The summed E-state index contributed by atoms with van der Waals surface area (Å²) >= 11 is 0. The predicted molar refractivity (Wildman–Crippen MR) is 135 cm³/mol. The van der Waals surface area contributed by atoms with Crippen LogP contribution in [-0.2, 0) is 12.8 Å². The van der Waals surface area contributed by atoms with Gasteiger partial charge in [0.05, 0.1) is 33.7 Å². The van der Waals surface area contributed by atoms with Crippen LogP contribution < -0.4 is 10.4 Å². The van der Waals surface area contributed by atoms with Gasteiger partial charge in [0, 0.05) is 6.20 Å². The normalized spacial score (nSPS) is 14.1. The molecular formula is C29H25NO5. The first-order valence-corrected chi connectivity index (χ1v) is 11.6. The first-order valence-electron chi connectivity index (χ1n) is 11.6. The minimum absolute atomic E-state index is 0.0363. The molecule has 1 aliphatic rings. The molecular weight excluding hydrogens is 442 g/mol. The molecule has 6 nitrogen and oxygen atoms in total. The van der Waals surface area contributed by atoms with Gasteiger partial charge in [-0.3, -0.25) is 4.98 Å². The van der Waals surface area contributed by atoms with Gasteiger partial charge >= 0.3 is 5.63 Å². The van der Waals surface area contributed by atoms with E-state index in [1.54, 1.807) is 42.6 Å². The molecule has 35 heavy (non-hydrogen) atoms. The molecule has 2 aromatic heterocycles. The van der Waals surface area contributed by atoms with Crippen molar-refractivity contribution in [3.8, 4) is 11.5 Å². The lowest BCUT2D eigenvalue weighted by molar-refractivity contribution is 0.398. The van der Waals surface area contributed by atoms with Crippen molar-refractivity contribution >= 4 is 16.7 Å². The van der Waals surface area contributed by atoms with Crippen molar-refractivity contribution in [2.24, 2.45) is 0 Å². The number of benzene rings is 2. The molecule has 1 atom stereocenters. The summed E-state index contributed by atoms with van der Waals surface area (Å²) in [7, 11) is 0. The molecule has 1 aliphatic heterocycles. The minimum Gasteiger partial charge on any atom is -0.507 e. The van der Waals surface area contributed by atoms with Crippen molar-refractivity contribution in [3.63, 3.8) is 0 Å². The van der Waals surface area contributed by atoms with Crippen LogP contribution in [0.25, 0.3) is 16.7 Å². The van der Waals surface area contributed by atoms with Crippen LogP contribution in [0, 0.1) is 0 Å². The molecule has 0 saturated heterocycles. The Morgan fingerprint density at radius 3 is 2.46 bits per heavy atom. The third kappa shape index (κ3) is 3.77. The lowest BCUT2D eigenvalue weighted by Gasteiger charge is -2.28. The van der Waals surface area contributed by atoms with Crippen LogP contribution in [0.5, 0.6) is 11.5 Å². The molecule has 3 heterocycles. The van der Waals surface area contributed by atoms with E-state index >= 15 is 0 Å². The average Bonchev–Trinajstić information content (AvgIpc) is 2.88. The number of aryl methyl sites for hydroxylation is 2. The Kier molecular flexibility index (Phi) is 5.65. The van der Waals surface area contributed by atoms with Gasteiger partial charge in [0.25, 0.3) is 0 Å². The third-order valence-electron chi connectivity index (χ3n) is 6.44. The van der Waals surface area contributed by atoms with Gasteiger partial charge in [-0.2, -0.15) is 0 Å². The van der Waals surface area contributed by atoms with Crippen molar-refractivity contribution in [1.82, 2.24) is 4.98 Å². The molecule has 0 bridgehead atoms. The maximum absolute atomic E-state index is 13.3. The number of fused-ring (bicyclic) bond motifs is 2. The largest absolute Gasteiger partial charge is 0.507 e. The van der Waals surface area contributed by atoms with Gasteiger partial charge in [-0.1, -0.05) is 38.6 Å². The van der Waals surface area contributed by atoms with Crippen LogP contribution in [0.1, 0.15) is 47.7 Å². The molecule has 0 spiro atoms. The first-order chi connectivity index (χ1) is 16.9. The molecule has 5 rings (SSSR count). The Morgan fingerprint density at radius 2 is 1.74 bits per heavy atom. The highest BCUT2D eigenvalue weighted by atomic mass is 16.5. The first kappa shape index (κ1) is 22.5. The number of pyridine rings is 1. The summed E-state index contributed by atoms with van der Waals surface area (Å²) in [6.45, 7) is 8.05. The number of aromatic hydroxyl groups is 1. The van der Waals surface area contributed by atoms with E-state index in [9.17, 15) is 15.0 Å². The summed E-state index contributed by atoms with van der Waals surface area (Å²) in [6, 6.07) is 16.1. The molecule has 1 unspecified atom stereocenters. The Morgan fingerprint density at radius 1 is 1.00 bits per heavy atom. The van der Waals surface area contributed by atoms with E-state index in [1.165, 1.54) is 0 Å². The smallest absolute Gasteiger partial charge is 0.344 e. The van der Waals surface area contributed by atoms with Gasteiger partial charge in [0.1, 0.15) is 28.6 Å². The molecule has 4 aromatic rings. The Bertz CT molecular complexity index is 1550. The molecule has 0 saturated carbocycles. The summed E-state index contributed by atoms with van der Waals surface area (Å²) in [5, 5.41) is 23.3. The maximum atomic E-state index is 13.3. The number of allylic oxidation sites excluding steroid dienone is 1. The average molecular weight is 468 g/mol. The van der Waals surface area contributed by atoms with E-state index in [-0.39, 0.29) is 34.0 Å². The van der Waals surface area contributed by atoms with E-state index in [2.05, 4.69) is 11.6 Å². The molecule has 0 fully saturated rings. The van der Waals surface area contributed by atoms with E-state index in [1.807, 2.05) is 32.0 Å². The Labute approximate surface area is 202 Å². The van der Waals surface area contributed by atoms with E-state index < -0.39 is 11.5 Å². The minimum atomic E-state index is -0.979. The van der Waals surface area contributed by atoms with Crippen LogP contribution in [0.3, 0.4) is 0 Å². The molecule has 2 aromatic carbocycles. The van der Waals surface area contributed by atoms with Gasteiger partial charge in [0.2, 0.25) is 0 Å². The van der Waals surface area contributed by atoms with Crippen molar-refractivity contribution in [2.45, 2.75) is 32.6 Å². The number of aliphatic hydroxyl groups is 1. The summed E-state index contributed by atoms with van der Waals surface area (Å²) in [6.07, 6.45) is 3.11. The van der Waals surface area contributed by atoms with Gasteiger partial charge in [0.15, 0.2) is 0 Å². The highest BCUT2D eigenvalue weighted by molar-refractivity contribution is 5.86. The third-order valence-corrected chi connectivity index (χ3v) is 6.44. The van der Waals surface area contributed by atoms with E-state index in [0.29, 0.717) is 22.4 Å². The van der Waals surface area contributed by atoms with Gasteiger partial charge in [-0.15, -0.1) is 0 Å². The van der Waals surface area contributed by atoms with Crippen LogP contribution >= 0.6 is 0 Å². The SMILES string of the molecule is C=C1Oc2ccc(CC)cc2C(O)=C1C(c1ccccn1)c1c(O)c2cc(CC)ccc2oc1=O. The molecule has 0 radical (unpaired) electrons. The Hall–Kier alpha value is -4.32. The number of hydrogen-bond acceptors (Lipinski definition) is 6. The van der Waals surface area contributed by atoms with Gasteiger partial charge in [-0.25, -0.2) is 4.79 Å². The topological polar surface area (TPSA) is 92.8 Å². The summed E-state index contributed by atoms with van der Waals surface area (Å²) in [5.74, 6) is -0.647. The van der Waals surface area contributed by atoms with Crippen molar-refractivity contribution < 1.29 is 19.4 Å². The molecule has 176 valence electrons. The summed E-state index contributed by atoms with van der Waals surface area (Å²) in [4.78, 5) is 17.7. The zero-order valence-electron chi connectivity index (χ0n) is 19.5.